The van der Waals surface area contributed by atoms with Crippen LogP contribution in [0.3, 0.4) is 0 Å². The van der Waals surface area contributed by atoms with Crippen LogP contribution in [-0.2, 0) is 9.47 Å². The number of esters is 1. The molecular weight excluding hydrogens is 687 g/mol. The quantitative estimate of drug-likeness (QED) is 0.217. The third-order valence-corrected chi connectivity index (χ3v) is 8.43. The fourth-order valence-corrected chi connectivity index (χ4v) is 5.56. The Balaban J connectivity index is 2.00. The summed E-state index contributed by atoms with van der Waals surface area (Å²) in [5.41, 5.74) is 0.0136. The van der Waals surface area contributed by atoms with Gasteiger partial charge in [-0.2, -0.15) is 4.79 Å². The molecule has 1 saturated heterocycles. The fourth-order valence-electron chi connectivity index (χ4n) is 3.18. The smallest absolute Gasteiger partial charge is 0.456 e. The van der Waals surface area contributed by atoms with E-state index in [1.54, 1.807) is 6.08 Å². The highest BCUT2D eigenvalue weighted by atomic mass is 127. The first-order valence-corrected chi connectivity index (χ1v) is 11.9. The Morgan fingerprint density at radius 1 is 1.26 bits per heavy atom. The minimum Gasteiger partial charge on any atom is -0.456 e. The van der Waals surface area contributed by atoms with Gasteiger partial charge in [-0.25, -0.2) is 9.69 Å². The number of ether oxygens (including phenoxy) is 2. The SMILES string of the molecule is C=CCOC(=O)[NH+]1CCC(C(C)(C)OC(=O)c2cc(I)cc(I)c2I)CC1. The Kier molecular flexibility index (Phi) is 8.81. The average molecular weight is 710 g/mol. The molecule has 5 nitrogen and oxygen atoms in total. The van der Waals surface area contributed by atoms with E-state index in [1.807, 2.05) is 26.0 Å². The largest absolute Gasteiger partial charge is 0.514 e. The fraction of sp³-hybridized carbons (Fsp3) is 0.474. The molecule has 27 heavy (non-hydrogen) atoms. The maximum Gasteiger partial charge on any atom is 0.514 e. The van der Waals surface area contributed by atoms with Crippen molar-refractivity contribution >= 4 is 79.8 Å². The van der Waals surface area contributed by atoms with Gasteiger partial charge in [0.05, 0.1) is 18.7 Å². The monoisotopic (exact) mass is 710 g/mol. The summed E-state index contributed by atoms with van der Waals surface area (Å²) in [4.78, 5) is 25.6. The highest BCUT2D eigenvalue weighted by Gasteiger charge is 2.39. The molecule has 148 valence electrons. The zero-order valence-corrected chi connectivity index (χ0v) is 21.8. The normalized spacial score (nSPS) is 20.0. The van der Waals surface area contributed by atoms with Crippen molar-refractivity contribution in [2.24, 2.45) is 5.92 Å². The lowest BCUT2D eigenvalue weighted by atomic mass is 9.83. The molecule has 1 aromatic rings. The van der Waals surface area contributed by atoms with Crippen LogP contribution in [0.4, 0.5) is 4.79 Å². The summed E-state index contributed by atoms with van der Waals surface area (Å²) >= 11 is 6.64. The second-order valence-corrected chi connectivity index (χ2v) is 10.5. The summed E-state index contributed by atoms with van der Waals surface area (Å²) in [5, 5.41) is 0. The highest BCUT2D eigenvalue weighted by molar-refractivity contribution is 14.1. The zero-order valence-electron chi connectivity index (χ0n) is 15.3. The second kappa shape index (κ2) is 10.2. The van der Waals surface area contributed by atoms with Gasteiger partial charge in [0.15, 0.2) is 0 Å². The van der Waals surface area contributed by atoms with Crippen molar-refractivity contribution in [2.45, 2.75) is 32.3 Å². The molecule has 0 radical (unpaired) electrons. The number of hydrogen-bond acceptors (Lipinski definition) is 4. The van der Waals surface area contributed by atoms with Gasteiger partial charge in [0, 0.05) is 29.5 Å². The van der Waals surface area contributed by atoms with Crippen LogP contribution in [0, 0.1) is 16.6 Å². The van der Waals surface area contributed by atoms with Crippen LogP contribution in [0.25, 0.3) is 0 Å². The number of amides is 1. The van der Waals surface area contributed by atoms with Crippen LogP contribution in [0.15, 0.2) is 24.8 Å². The van der Waals surface area contributed by atoms with E-state index >= 15 is 0 Å². The van der Waals surface area contributed by atoms with Gasteiger partial charge < -0.3 is 9.47 Å². The number of nitrogens with one attached hydrogen (secondary N) is 1. The molecule has 8 heteroatoms. The van der Waals surface area contributed by atoms with Gasteiger partial charge in [0.2, 0.25) is 0 Å². The molecule has 0 unspecified atom stereocenters. The Labute approximate surface area is 201 Å². The highest BCUT2D eigenvalue weighted by Crippen LogP contribution is 2.31. The zero-order chi connectivity index (χ0) is 20.2. The van der Waals surface area contributed by atoms with E-state index in [0.717, 1.165) is 28.5 Å². The third kappa shape index (κ3) is 6.26. The minimum absolute atomic E-state index is 0.205. The molecular formula is C19H23I3NO4+. The number of halogens is 3. The molecule has 0 bridgehead atoms. The van der Waals surface area contributed by atoms with Crippen molar-refractivity contribution in [3.8, 4) is 0 Å². The molecule has 2 rings (SSSR count). The van der Waals surface area contributed by atoms with E-state index in [-0.39, 0.29) is 24.6 Å². The van der Waals surface area contributed by atoms with Gasteiger partial charge in [0.25, 0.3) is 0 Å². The van der Waals surface area contributed by atoms with Gasteiger partial charge in [0.1, 0.15) is 12.2 Å². The van der Waals surface area contributed by atoms with E-state index in [1.165, 1.54) is 0 Å². The van der Waals surface area contributed by atoms with Gasteiger partial charge in [-0.15, -0.1) is 0 Å². The Morgan fingerprint density at radius 3 is 2.48 bits per heavy atom. The number of rotatable bonds is 5. The molecule has 1 aliphatic rings. The summed E-state index contributed by atoms with van der Waals surface area (Å²) < 4.78 is 14.0. The van der Waals surface area contributed by atoms with E-state index in [0.29, 0.717) is 18.7 Å². The van der Waals surface area contributed by atoms with E-state index < -0.39 is 5.60 Å². The first-order chi connectivity index (χ1) is 12.7. The minimum atomic E-state index is -0.594. The maximum absolute atomic E-state index is 12.8. The number of carbonyl (C=O) groups is 2. The number of quaternary nitrogens is 1. The second-order valence-electron chi connectivity index (χ2n) is 7.01. The Morgan fingerprint density at radius 2 is 1.89 bits per heavy atom. The summed E-state index contributed by atoms with van der Waals surface area (Å²) in [6.07, 6.45) is 2.95. The van der Waals surface area contributed by atoms with Crippen LogP contribution in [0.1, 0.15) is 37.0 Å². The predicted octanol–water partition coefficient (Wildman–Crippen LogP) is 4.05. The van der Waals surface area contributed by atoms with Gasteiger partial charge in [-0.1, -0.05) is 12.7 Å². The summed E-state index contributed by atoms with van der Waals surface area (Å²) in [5.74, 6) is -0.0853. The van der Waals surface area contributed by atoms with Crippen molar-refractivity contribution in [3.05, 3.63) is 41.1 Å². The summed E-state index contributed by atoms with van der Waals surface area (Å²) in [6, 6.07) is 3.90. The lowest BCUT2D eigenvalue weighted by molar-refractivity contribution is -0.831. The molecule has 1 fully saturated rings. The molecule has 0 aromatic heterocycles. The summed E-state index contributed by atoms with van der Waals surface area (Å²) in [6.45, 7) is 9.08. The van der Waals surface area contributed by atoms with Crippen molar-refractivity contribution < 1.29 is 24.0 Å². The first-order valence-electron chi connectivity index (χ1n) is 8.66. The maximum atomic E-state index is 12.8. The number of hydrogen-bond donors (Lipinski definition) is 1. The Bertz CT molecular complexity index is 728. The van der Waals surface area contributed by atoms with E-state index in [9.17, 15) is 9.59 Å². The van der Waals surface area contributed by atoms with E-state index in [2.05, 4.69) is 74.4 Å². The van der Waals surface area contributed by atoms with Crippen molar-refractivity contribution in [1.29, 1.82) is 0 Å². The number of carbonyl (C=O) groups excluding carboxylic acids is 2. The van der Waals surface area contributed by atoms with Crippen LogP contribution in [0.5, 0.6) is 0 Å². The standard InChI is InChI=1S/C19H22I3NO4/c1-4-9-26-18(25)23-7-5-12(6-8-23)19(2,3)27-17(24)14-10-13(20)11-15(21)16(14)22/h4,10-12H,1,5-9H2,2-3H3/p+1. The molecule has 0 saturated carbocycles. The molecule has 1 aromatic carbocycles. The lowest BCUT2D eigenvalue weighted by Gasteiger charge is -2.37. The van der Waals surface area contributed by atoms with Crippen LogP contribution < -0.4 is 4.90 Å². The van der Waals surface area contributed by atoms with Crippen LogP contribution in [-0.4, -0.2) is 37.4 Å². The number of likely N-dealkylation sites (tertiary alicyclic amines) is 1. The summed E-state index contributed by atoms with van der Waals surface area (Å²) in [7, 11) is 0. The molecule has 0 atom stereocenters. The molecule has 1 aliphatic heterocycles. The number of piperidine rings is 1. The van der Waals surface area contributed by atoms with Crippen LogP contribution >= 0.6 is 67.8 Å². The van der Waals surface area contributed by atoms with Crippen molar-refractivity contribution in [3.63, 3.8) is 0 Å². The van der Waals surface area contributed by atoms with Gasteiger partial charge in [-0.05, 0) is 93.8 Å². The molecule has 1 N–H and O–H groups in total. The molecule has 0 spiro atoms. The molecule has 1 amide bonds. The predicted molar refractivity (Wildman–Crippen MR) is 129 cm³/mol. The topological polar surface area (TPSA) is 57.0 Å². The molecule has 0 aliphatic carbocycles. The average Bonchev–Trinajstić information content (AvgIpc) is 2.62. The first kappa shape index (κ1) is 23.3. The van der Waals surface area contributed by atoms with Crippen molar-refractivity contribution in [1.82, 2.24) is 0 Å². The Hall–Kier alpha value is 0.0500. The number of alkyl carbamates (subject to hydrolysis) is 2. The van der Waals surface area contributed by atoms with Gasteiger partial charge >= 0.3 is 12.1 Å². The third-order valence-electron chi connectivity index (χ3n) is 4.76. The molecule has 1 heterocycles. The van der Waals surface area contributed by atoms with Gasteiger partial charge in [-0.3, -0.25) is 0 Å². The lowest BCUT2D eigenvalue weighted by Crippen LogP contribution is -3.15. The number of benzene rings is 1. The van der Waals surface area contributed by atoms with Crippen LogP contribution in [0.2, 0.25) is 0 Å². The van der Waals surface area contributed by atoms with E-state index in [4.69, 9.17) is 9.47 Å². The van der Waals surface area contributed by atoms with Crippen molar-refractivity contribution in [2.75, 3.05) is 19.7 Å².